The summed E-state index contributed by atoms with van der Waals surface area (Å²) in [6.07, 6.45) is 0.524. The van der Waals surface area contributed by atoms with Crippen molar-refractivity contribution in [1.82, 2.24) is 0 Å². The van der Waals surface area contributed by atoms with Crippen LogP contribution in [-0.4, -0.2) is 5.11 Å². The average molecular weight is 326 g/mol. The van der Waals surface area contributed by atoms with Crippen LogP contribution in [0, 0.1) is 0 Å². The molecule has 18 heavy (non-hydrogen) atoms. The Kier molecular flexibility index (Phi) is 4.10. The van der Waals surface area contributed by atoms with Crippen molar-refractivity contribution in [1.29, 1.82) is 0 Å². The van der Waals surface area contributed by atoms with Gasteiger partial charge < -0.3 is 5.11 Å². The van der Waals surface area contributed by atoms with E-state index in [0.29, 0.717) is 11.4 Å². The molecule has 2 aromatic rings. The van der Waals surface area contributed by atoms with E-state index in [4.69, 9.17) is 11.6 Å². The van der Waals surface area contributed by atoms with E-state index in [1.165, 1.54) is 0 Å². The van der Waals surface area contributed by atoms with Gasteiger partial charge in [-0.2, -0.15) is 0 Å². The van der Waals surface area contributed by atoms with Gasteiger partial charge >= 0.3 is 0 Å². The molecule has 1 atom stereocenters. The molecule has 0 saturated heterocycles. The fraction of sp³-hybridized carbons (Fsp3) is 0.200. The molecule has 1 N–H and O–H groups in total. The monoisotopic (exact) mass is 324 g/mol. The van der Waals surface area contributed by atoms with Crippen LogP contribution in [0.25, 0.3) is 0 Å². The number of rotatable bonds is 3. The van der Waals surface area contributed by atoms with Crippen molar-refractivity contribution in [2.24, 2.45) is 0 Å². The quantitative estimate of drug-likeness (QED) is 0.877. The summed E-state index contributed by atoms with van der Waals surface area (Å²) in [7, 11) is 0. The fourth-order valence-electron chi connectivity index (χ4n) is 2.04. The second-order valence-electron chi connectivity index (χ2n) is 4.56. The van der Waals surface area contributed by atoms with Crippen molar-refractivity contribution in [2.45, 2.75) is 18.9 Å². The van der Waals surface area contributed by atoms with Crippen molar-refractivity contribution in [3.8, 4) is 0 Å². The Morgan fingerprint density at radius 2 is 1.89 bits per heavy atom. The molecule has 0 fully saturated rings. The molecule has 0 aliphatic heterocycles. The van der Waals surface area contributed by atoms with Crippen molar-refractivity contribution in [2.75, 3.05) is 0 Å². The van der Waals surface area contributed by atoms with Crippen molar-refractivity contribution >= 4 is 27.5 Å². The third-order valence-electron chi connectivity index (χ3n) is 2.89. The molecule has 0 heterocycles. The van der Waals surface area contributed by atoms with E-state index >= 15 is 0 Å². The van der Waals surface area contributed by atoms with Gasteiger partial charge in [-0.25, -0.2) is 0 Å². The molecule has 94 valence electrons. The molecule has 0 amide bonds. The third kappa shape index (κ3) is 3.14. The van der Waals surface area contributed by atoms with Crippen molar-refractivity contribution in [3.63, 3.8) is 0 Å². The van der Waals surface area contributed by atoms with E-state index in [1.54, 1.807) is 13.0 Å². The van der Waals surface area contributed by atoms with Crippen molar-refractivity contribution < 1.29 is 5.11 Å². The van der Waals surface area contributed by atoms with Gasteiger partial charge in [0.1, 0.15) is 0 Å². The van der Waals surface area contributed by atoms with Gasteiger partial charge in [-0.15, -0.1) is 0 Å². The molecular weight excluding hydrogens is 312 g/mol. The summed E-state index contributed by atoms with van der Waals surface area (Å²) in [6.45, 7) is 1.79. The first-order valence-electron chi connectivity index (χ1n) is 5.71. The number of hydrogen-bond acceptors (Lipinski definition) is 1. The minimum Gasteiger partial charge on any atom is -0.385 e. The highest BCUT2D eigenvalue weighted by Gasteiger charge is 2.25. The molecule has 2 rings (SSSR count). The van der Waals surface area contributed by atoms with Crippen LogP contribution >= 0.6 is 27.5 Å². The molecule has 0 aliphatic rings. The molecule has 0 spiro atoms. The lowest BCUT2D eigenvalue weighted by Crippen LogP contribution is -2.24. The van der Waals surface area contributed by atoms with Crippen LogP contribution < -0.4 is 0 Å². The van der Waals surface area contributed by atoms with Crippen LogP contribution in [0.5, 0.6) is 0 Å². The van der Waals surface area contributed by atoms with Crippen LogP contribution in [0.15, 0.2) is 53.0 Å². The van der Waals surface area contributed by atoms with E-state index in [2.05, 4.69) is 15.9 Å². The zero-order valence-corrected chi connectivity index (χ0v) is 12.4. The minimum atomic E-state index is -0.973. The van der Waals surface area contributed by atoms with Gasteiger partial charge in [-0.1, -0.05) is 57.9 Å². The van der Waals surface area contributed by atoms with Gasteiger partial charge in [0.25, 0.3) is 0 Å². The molecule has 1 unspecified atom stereocenters. The highest BCUT2D eigenvalue weighted by Crippen LogP contribution is 2.31. The maximum atomic E-state index is 10.6. The minimum absolute atomic E-state index is 0.524. The first-order valence-corrected chi connectivity index (χ1v) is 6.88. The summed E-state index contributed by atoms with van der Waals surface area (Å²) >= 11 is 9.57. The normalized spacial score (nSPS) is 14.2. The number of hydrogen-bond donors (Lipinski definition) is 1. The predicted octanol–water partition coefficient (Wildman–Crippen LogP) is 4.55. The summed E-state index contributed by atoms with van der Waals surface area (Å²) in [4.78, 5) is 0. The van der Waals surface area contributed by atoms with Gasteiger partial charge in [0.05, 0.1) is 5.60 Å². The molecule has 1 nitrogen and oxygen atoms in total. The molecule has 0 bridgehead atoms. The SMILES string of the molecule is CC(O)(Cc1cccc(Br)c1)c1ccccc1Cl. The van der Waals surface area contributed by atoms with Crippen LogP contribution in [-0.2, 0) is 12.0 Å². The van der Waals surface area contributed by atoms with E-state index in [0.717, 1.165) is 15.6 Å². The topological polar surface area (TPSA) is 20.2 Å². The largest absolute Gasteiger partial charge is 0.385 e. The van der Waals surface area contributed by atoms with Gasteiger partial charge in [0.2, 0.25) is 0 Å². The number of benzene rings is 2. The Morgan fingerprint density at radius 3 is 2.56 bits per heavy atom. The molecule has 0 aliphatic carbocycles. The molecule has 0 saturated carbocycles. The lowest BCUT2D eigenvalue weighted by molar-refractivity contribution is 0.0577. The van der Waals surface area contributed by atoms with Crippen LogP contribution in [0.1, 0.15) is 18.1 Å². The van der Waals surface area contributed by atoms with Gasteiger partial charge in [0.15, 0.2) is 0 Å². The first-order chi connectivity index (χ1) is 8.49. The number of aliphatic hydroxyl groups is 1. The Balaban J connectivity index is 2.30. The Hall–Kier alpha value is -0.830. The van der Waals surface area contributed by atoms with Gasteiger partial charge in [-0.05, 0) is 30.7 Å². The maximum absolute atomic E-state index is 10.6. The van der Waals surface area contributed by atoms with Crippen molar-refractivity contribution in [3.05, 3.63) is 69.2 Å². The lowest BCUT2D eigenvalue weighted by atomic mass is 9.89. The summed E-state index contributed by atoms with van der Waals surface area (Å²) < 4.78 is 1.01. The summed E-state index contributed by atoms with van der Waals surface area (Å²) in [6, 6.07) is 15.3. The fourth-order valence-corrected chi connectivity index (χ4v) is 2.82. The van der Waals surface area contributed by atoms with Gasteiger partial charge in [-0.3, -0.25) is 0 Å². The number of halogens is 2. The van der Waals surface area contributed by atoms with Gasteiger partial charge in [0, 0.05) is 21.5 Å². The zero-order valence-electron chi connectivity index (χ0n) is 10.0. The lowest BCUT2D eigenvalue weighted by Gasteiger charge is -2.25. The van der Waals surface area contributed by atoms with E-state index < -0.39 is 5.60 Å². The zero-order chi connectivity index (χ0) is 13.2. The molecule has 0 radical (unpaired) electrons. The Morgan fingerprint density at radius 1 is 1.17 bits per heavy atom. The maximum Gasteiger partial charge on any atom is 0.0923 e. The second kappa shape index (κ2) is 5.43. The predicted molar refractivity (Wildman–Crippen MR) is 78.9 cm³/mol. The highest BCUT2D eigenvalue weighted by molar-refractivity contribution is 9.10. The average Bonchev–Trinajstić information content (AvgIpc) is 2.28. The molecule has 0 aromatic heterocycles. The van der Waals surface area contributed by atoms with E-state index in [9.17, 15) is 5.11 Å². The summed E-state index contributed by atoms with van der Waals surface area (Å²) in [5.74, 6) is 0. The van der Waals surface area contributed by atoms with Crippen LogP contribution in [0.4, 0.5) is 0 Å². The smallest absolute Gasteiger partial charge is 0.0923 e. The highest BCUT2D eigenvalue weighted by atomic mass is 79.9. The summed E-state index contributed by atoms with van der Waals surface area (Å²) in [5.41, 5.74) is 0.847. The summed E-state index contributed by atoms with van der Waals surface area (Å²) in [5, 5.41) is 11.2. The molecule has 3 heteroatoms. The first kappa shape index (κ1) is 13.6. The standard InChI is InChI=1S/C15H14BrClO/c1-15(18,13-7-2-3-8-14(13)17)10-11-5-4-6-12(16)9-11/h2-9,18H,10H2,1H3. The molecule has 2 aromatic carbocycles. The Bertz CT molecular complexity index is 552. The molecular formula is C15H14BrClO. The second-order valence-corrected chi connectivity index (χ2v) is 5.88. The van der Waals surface area contributed by atoms with E-state index in [1.807, 2.05) is 42.5 Å². The van der Waals surface area contributed by atoms with E-state index in [-0.39, 0.29) is 0 Å². The van der Waals surface area contributed by atoms with Crippen LogP contribution in [0.3, 0.4) is 0 Å². The Labute approximate surface area is 121 Å². The third-order valence-corrected chi connectivity index (χ3v) is 3.71. The van der Waals surface area contributed by atoms with Crippen LogP contribution in [0.2, 0.25) is 5.02 Å².